The summed E-state index contributed by atoms with van der Waals surface area (Å²) < 4.78 is 5.75. The van der Waals surface area contributed by atoms with Crippen LogP contribution in [0.15, 0.2) is 42.6 Å². The standard InChI is InChI=1S/C15H15ClN2O/c1-10-9-19-13-7-3-2-5-11(13)14(10)18-12-6-4-8-17-15(12)16/h2-8,10,14,18H,9H2,1H3. The average molecular weight is 275 g/mol. The maximum absolute atomic E-state index is 6.11. The number of fused-ring (bicyclic) bond motifs is 1. The van der Waals surface area contributed by atoms with E-state index < -0.39 is 0 Å². The number of nitrogens with one attached hydrogen (secondary N) is 1. The number of rotatable bonds is 2. The highest BCUT2D eigenvalue weighted by molar-refractivity contribution is 6.31. The van der Waals surface area contributed by atoms with Gasteiger partial charge in [0.15, 0.2) is 5.15 Å². The molecule has 0 amide bonds. The van der Waals surface area contributed by atoms with E-state index in [9.17, 15) is 0 Å². The maximum Gasteiger partial charge on any atom is 0.152 e. The molecule has 2 aromatic rings. The van der Waals surface area contributed by atoms with Crippen LogP contribution in [0, 0.1) is 5.92 Å². The van der Waals surface area contributed by atoms with Gasteiger partial charge in [0.2, 0.25) is 0 Å². The summed E-state index contributed by atoms with van der Waals surface area (Å²) in [6.07, 6.45) is 1.69. The SMILES string of the molecule is CC1COc2ccccc2C1Nc1cccnc1Cl. The number of ether oxygens (including phenoxy) is 1. The highest BCUT2D eigenvalue weighted by Gasteiger charge is 2.27. The Balaban J connectivity index is 1.94. The van der Waals surface area contributed by atoms with E-state index in [0.29, 0.717) is 17.7 Å². The van der Waals surface area contributed by atoms with Crippen LogP contribution >= 0.6 is 11.6 Å². The van der Waals surface area contributed by atoms with Crippen LogP contribution in [0.1, 0.15) is 18.5 Å². The fourth-order valence-electron chi connectivity index (χ4n) is 2.37. The van der Waals surface area contributed by atoms with Gasteiger partial charge in [0, 0.05) is 17.7 Å². The van der Waals surface area contributed by atoms with Crippen molar-refractivity contribution in [1.29, 1.82) is 0 Å². The molecule has 2 unspecified atom stereocenters. The van der Waals surface area contributed by atoms with Crippen LogP contribution in [-0.2, 0) is 0 Å². The Bertz CT molecular complexity index is 588. The molecule has 0 saturated heterocycles. The molecule has 98 valence electrons. The molecule has 1 aromatic carbocycles. The summed E-state index contributed by atoms with van der Waals surface area (Å²) >= 11 is 6.11. The summed E-state index contributed by atoms with van der Waals surface area (Å²) in [7, 11) is 0. The largest absolute Gasteiger partial charge is 0.493 e. The van der Waals surface area contributed by atoms with Gasteiger partial charge in [0.25, 0.3) is 0 Å². The molecule has 2 atom stereocenters. The average Bonchev–Trinajstić information content (AvgIpc) is 2.44. The minimum atomic E-state index is 0.187. The topological polar surface area (TPSA) is 34.1 Å². The van der Waals surface area contributed by atoms with E-state index in [1.165, 1.54) is 5.56 Å². The van der Waals surface area contributed by atoms with Crippen LogP contribution < -0.4 is 10.1 Å². The van der Waals surface area contributed by atoms with Crippen molar-refractivity contribution in [2.45, 2.75) is 13.0 Å². The zero-order valence-electron chi connectivity index (χ0n) is 10.6. The summed E-state index contributed by atoms with van der Waals surface area (Å²) in [5.74, 6) is 1.31. The van der Waals surface area contributed by atoms with Gasteiger partial charge in [-0.15, -0.1) is 0 Å². The van der Waals surface area contributed by atoms with Crippen LogP contribution in [0.25, 0.3) is 0 Å². The molecule has 4 heteroatoms. The lowest BCUT2D eigenvalue weighted by atomic mass is 9.92. The molecule has 2 heterocycles. The second-order valence-electron chi connectivity index (χ2n) is 4.79. The Hall–Kier alpha value is -1.74. The minimum Gasteiger partial charge on any atom is -0.493 e. The number of pyridine rings is 1. The van der Waals surface area contributed by atoms with Gasteiger partial charge in [-0.05, 0) is 18.2 Å². The molecule has 1 N–H and O–H groups in total. The molecule has 3 rings (SSSR count). The number of hydrogen-bond donors (Lipinski definition) is 1. The number of hydrogen-bond acceptors (Lipinski definition) is 3. The molecule has 19 heavy (non-hydrogen) atoms. The van der Waals surface area contributed by atoms with Crippen molar-refractivity contribution in [2.24, 2.45) is 5.92 Å². The molecule has 1 aromatic heterocycles. The Labute approximate surface area is 117 Å². The molecule has 0 saturated carbocycles. The zero-order chi connectivity index (χ0) is 13.2. The first-order chi connectivity index (χ1) is 9.25. The molecular formula is C15H15ClN2O. The monoisotopic (exact) mass is 274 g/mol. The van der Waals surface area contributed by atoms with Gasteiger partial charge >= 0.3 is 0 Å². The van der Waals surface area contributed by atoms with Gasteiger partial charge in [-0.1, -0.05) is 36.7 Å². The predicted octanol–water partition coefficient (Wildman–Crippen LogP) is 3.92. The van der Waals surface area contributed by atoms with E-state index in [2.05, 4.69) is 23.3 Å². The first-order valence-corrected chi connectivity index (χ1v) is 6.72. The molecule has 0 spiro atoms. The van der Waals surface area contributed by atoms with E-state index in [1.54, 1.807) is 6.20 Å². The minimum absolute atomic E-state index is 0.187. The fraction of sp³-hybridized carbons (Fsp3) is 0.267. The van der Waals surface area contributed by atoms with E-state index in [4.69, 9.17) is 16.3 Å². The van der Waals surface area contributed by atoms with Gasteiger partial charge in [0.1, 0.15) is 5.75 Å². The van der Waals surface area contributed by atoms with Crippen LogP contribution in [0.4, 0.5) is 5.69 Å². The van der Waals surface area contributed by atoms with Gasteiger partial charge in [-0.25, -0.2) is 4.98 Å². The highest BCUT2D eigenvalue weighted by atomic mass is 35.5. The number of aromatic nitrogens is 1. The molecule has 0 bridgehead atoms. The molecule has 0 fully saturated rings. The molecule has 1 aliphatic heterocycles. The quantitative estimate of drug-likeness (QED) is 0.843. The fourth-order valence-corrected chi connectivity index (χ4v) is 2.55. The first kappa shape index (κ1) is 12.3. The number of benzene rings is 1. The lowest BCUT2D eigenvalue weighted by Gasteiger charge is -2.32. The summed E-state index contributed by atoms with van der Waals surface area (Å²) in [4.78, 5) is 4.10. The van der Waals surface area contributed by atoms with Crippen molar-refractivity contribution in [3.63, 3.8) is 0 Å². The zero-order valence-corrected chi connectivity index (χ0v) is 11.4. The molecular weight excluding hydrogens is 260 g/mol. The normalized spacial score (nSPS) is 21.4. The molecule has 0 radical (unpaired) electrons. The Morgan fingerprint density at radius 3 is 2.95 bits per heavy atom. The van der Waals surface area contributed by atoms with Crippen molar-refractivity contribution in [3.8, 4) is 5.75 Å². The second kappa shape index (κ2) is 5.10. The third-order valence-electron chi connectivity index (χ3n) is 3.39. The Morgan fingerprint density at radius 1 is 1.26 bits per heavy atom. The third kappa shape index (κ3) is 2.38. The van der Waals surface area contributed by atoms with Gasteiger partial charge < -0.3 is 10.1 Å². The second-order valence-corrected chi connectivity index (χ2v) is 5.15. The number of halogens is 1. The van der Waals surface area contributed by atoms with E-state index >= 15 is 0 Å². The van der Waals surface area contributed by atoms with Crippen molar-refractivity contribution < 1.29 is 4.74 Å². The van der Waals surface area contributed by atoms with E-state index in [-0.39, 0.29) is 6.04 Å². The van der Waals surface area contributed by atoms with E-state index in [1.807, 2.05) is 30.3 Å². The van der Waals surface area contributed by atoms with E-state index in [0.717, 1.165) is 11.4 Å². The van der Waals surface area contributed by atoms with Crippen molar-refractivity contribution >= 4 is 17.3 Å². The lowest BCUT2D eigenvalue weighted by molar-refractivity contribution is 0.214. The van der Waals surface area contributed by atoms with Crippen LogP contribution in [0.2, 0.25) is 5.15 Å². The summed E-state index contributed by atoms with van der Waals surface area (Å²) in [6.45, 7) is 2.87. The smallest absolute Gasteiger partial charge is 0.152 e. The first-order valence-electron chi connectivity index (χ1n) is 6.34. The highest BCUT2D eigenvalue weighted by Crippen LogP contribution is 2.38. The van der Waals surface area contributed by atoms with Gasteiger partial charge in [-0.2, -0.15) is 0 Å². The van der Waals surface area contributed by atoms with Crippen LogP contribution in [0.5, 0.6) is 5.75 Å². The van der Waals surface area contributed by atoms with Gasteiger partial charge in [-0.3, -0.25) is 0 Å². The summed E-state index contributed by atoms with van der Waals surface area (Å²) in [6, 6.07) is 12.1. The lowest BCUT2D eigenvalue weighted by Crippen LogP contribution is -2.28. The van der Waals surface area contributed by atoms with Crippen molar-refractivity contribution in [3.05, 3.63) is 53.3 Å². The van der Waals surface area contributed by atoms with Crippen LogP contribution in [-0.4, -0.2) is 11.6 Å². The predicted molar refractivity (Wildman–Crippen MR) is 76.7 cm³/mol. The maximum atomic E-state index is 6.11. The van der Waals surface area contributed by atoms with Crippen molar-refractivity contribution in [1.82, 2.24) is 4.98 Å². The molecule has 0 aliphatic carbocycles. The Morgan fingerprint density at radius 2 is 2.11 bits per heavy atom. The van der Waals surface area contributed by atoms with Crippen molar-refractivity contribution in [2.75, 3.05) is 11.9 Å². The molecule has 3 nitrogen and oxygen atoms in total. The summed E-state index contributed by atoms with van der Waals surface area (Å²) in [5, 5.41) is 3.98. The Kier molecular flexibility index (Phi) is 3.30. The molecule has 1 aliphatic rings. The van der Waals surface area contributed by atoms with Gasteiger partial charge in [0.05, 0.1) is 18.3 Å². The number of nitrogens with zero attached hydrogens (tertiary/aromatic N) is 1. The number of anilines is 1. The van der Waals surface area contributed by atoms with Crippen LogP contribution in [0.3, 0.4) is 0 Å². The summed E-state index contributed by atoms with van der Waals surface area (Å²) in [5.41, 5.74) is 2.03. The number of para-hydroxylation sites is 1. The third-order valence-corrected chi connectivity index (χ3v) is 3.70.